The van der Waals surface area contributed by atoms with Crippen LogP contribution in [0.2, 0.25) is 0 Å². The lowest BCUT2D eigenvalue weighted by atomic mass is 9.78. The first kappa shape index (κ1) is 15.4. The Bertz CT molecular complexity index is 381. The van der Waals surface area contributed by atoms with Crippen LogP contribution in [0.3, 0.4) is 0 Å². The van der Waals surface area contributed by atoms with E-state index in [-0.39, 0.29) is 30.0 Å². The standard InChI is InChI=1S/C12H24N2O3S/c1-14(7-8-18(2,16)17)12(15)11-6-4-3-5-10(11)9-13/h10-11H,3-9,13H2,1-2H3. The van der Waals surface area contributed by atoms with Gasteiger partial charge in [-0.25, -0.2) is 8.42 Å². The molecule has 106 valence electrons. The summed E-state index contributed by atoms with van der Waals surface area (Å²) in [5.41, 5.74) is 5.71. The molecule has 0 aliphatic heterocycles. The van der Waals surface area contributed by atoms with Crippen molar-refractivity contribution in [2.45, 2.75) is 25.7 Å². The van der Waals surface area contributed by atoms with Crippen LogP contribution < -0.4 is 5.73 Å². The molecule has 0 aromatic rings. The summed E-state index contributed by atoms with van der Waals surface area (Å²) in [6.45, 7) is 0.807. The van der Waals surface area contributed by atoms with Gasteiger partial charge in [0.25, 0.3) is 0 Å². The van der Waals surface area contributed by atoms with E-state index in [2.05, 4.69) is 0 Å². The molecule has 0 aromatic heterocycles. The summed E-state index contributed by atoms with van der Waals surface area (Å²) in [6.07, 6.45) is 5.27. The first-order chi connectivity index (χ1) is 8.35. The van der Waals surface area contributed by atoms with E-state index in [4.69, 9.17) is 5.73 Å². The van der Waals surface area contributed by atoms with Gasteiger partial charge < -0.3 is 10.6 Å². The van der Waals surface area contributed by atoms with Crippen molar-refractivity contribution in [3.05, 3.63) is 0 Å². The number of carbonyl (C=O) groups is 1. The molecule has 1 aliphatic carbocycles. The van der Waals surface area contributed by atoms with Crippen LogP contribution in [-0.2, 0) is 14.6 Å². The second kappa shape index (κ2) is 6.52. The number of amides is 1. The molecule has 6 heteroatoms. The topological polar surface area (TPSA) is 80.5 Å². The molecule has 0 radical (unpaired) electrons. The number of hydrogen-bond acceptors (Lipinski definition) is 4. The van der Waals surface area contributed by atoms with Gasteiger partial charge in [0, 0.05) is 25.8 Å². The van der Waals surface area contributed by atoms with Gasteiger partial charge in [-0.05, 0) is 25.3 Å². The van der Waals surface area contributed by atoms with E-state index in [1.54, 1.807) is 11.9 Å². The highest BCUT2D eigenvalue weighted by atomic mass is 32.2. The van der Waals surface area contributed by atoms with Gasteiger partial charge >= 0.3 is 0 Å². The average molecular weight is 276 g/mol. The van der Waals surface area contributed by atoms with Crippen LogP contribution >= 0.6 is 0 Å². The molecule has 0 spiro atoms. The summed E-state index contributed by atoms with van der Waals surface area (Å²) in [5.74, 6) is 0.309. The summed E-state index contributed by atoms with van der Waals surface area (Å²) >= 11 is 0. The second-order valence-electron chi connectivity index (χ2n) is 5.28. The van der Waals surface area contributed by atoms with E-state index in [9.17, 15) is 13.2 Å². The lowest BCUT2D eigenvalue weighted by Gasteiger charge is -2.32. The van der Waals surface area contributed by atoms with Crippen molar-refractivity contribution >= 4 is 15.7 Å². The monoisotopic (exact) mass is 276 g/mol. The van der Waals surface area contributed by atoms with E-state index in [0.717, 1.165) is 25.7 Å². The van der Waals surface area contributed by atoms with Crippen LogP contribution in [0.15, 0.2) is 0 Å². The second-order valence-corrected chi connectivity index (χ2v) is 7.54. The zero-order chi connectivity index (χ0) is 13.8. The highest BCUT2D eigenvalue weighted by Crippen LogP contribution is 2.30. The van der Waals surface area contributed by atoms with Crippen molar-refractivity contribution < 1.29 is 13.2 Å². The maximum atomic E-state index is 12.3. The van der Waals surface area contributed by atoms with Crippen molar-refractivity contribution in [2.24, 2.45) is 17.6 Å². The van der Waals surface area contributed by atoms with Crippen molar-refractivity contribution in [1.29, 1.82) is 0 Å². The molecular formula is C12H24N2O3S. The zero-order valence-corrected chi connectivity index (χ0v) is 12.1. The molecule has 0 bridgehead atoms. The Hall–Kier alpha value is -0.620. The van der Waals surface area contributed by atoms with Gasteiger partial charge in [-0.2, -0.15) is 0 Å². The lowest BCUT2D eigenvalue weighted by Crippen LogP contribution is -2.42. The number of rotatable bonds is 5. The van der Waals surface area contributed by atoms with Crippen LogP contribution in [-0.4, -0.2) is 51.4 Å². The highest BCUT2D eigenvalue weighted by molar-refractivity contribution is 7.90. The molecule has 1 saturated carbocycles. The molecule has 5 nitrogen and oxygen atoms in total. The Labute approximate surface area is 110 Å². The maximum Gasteiger partial charge on any atom is 0.225 e. The van der Waals surface area contributed by atoms with E-state index in [0.29, 0.717) is 6.54 Å². The van der Waals surface area contributed by atoms with Crippen molar-refractivity contribution in [2.75, 3.05) is 32.1 Å². The van der Waals surface area contributed by atoms with Gasteiger partial charge in [0.05, 0.1) is 5.75 Å². The van der Waals surface area contributed by atoms with Crippen LogP contribution in [0.4, 0.5) is 0 Å². The molecule has 0 heterocycles. The van der Waals surface area contributed by atoms with Crippen LogP contribution in [0.5, 0.6) is 0 Å². The zero-order valence-electron chi connectivity index (χ0n) is 11.3. The Morgan fingerprint density at radius 2 is 1.94 bits per heavy atom. The molecule has 1 fully saturated rings. The predicted octanol–water partition coefficient (Wildman–Crippen LogP) is 0.255. The SMILES string of the molecule is CN(CCS(C)(=O)=O)C(=O)C1CCCCC1CN. The molecule has 1 aliphatic rings. The molecule has 2 unspecified atom stereocenters. The van der Waals surface area contributed by atoms with Gasteiger partial charge in [0.15, 0.2) is 0 Å². The minimum atomic E-state index is -3.02. The van der Waals surface area contributed by atoms with Gasteiger partial charge in [0.2, 0.25) is 5.91 Å². The summed E-state index contributed by atoms with van der Waals surface area (Å²) in [5, 5.41) is 0. The minimum Gasteiger partial charge on any atom is -0.344 e. The van der Waals surface area contributed by atoms with Gasteiger partial charge in [-0.15, -0.1) is 0 Å². The van der Waals surface area contributed by atoms with Crippen LogP contribution in [0.1, 0.15) is 25.7 Å². The first-order valence-electron chi connectivity index (χ1n) is 6.48. The molecule has 0 aromatic carbocycles. The van der Waals surface area contributed by atoms with Crippen LogP contribution in [0, 0.1) is 11.8 Å². The fraction of sp³-hybridized carbons (Fsp3) is 0.917. The van der Waals surface area contributed by atoms with E-state index < -0.39 is 9.84 Å². The Kier molecular flexibility index (Phi) is 5.59. The third-order valence-electron chi connectivity index (χ3n) is 3.70. The normalized spacial score (nSPS) is 24.8. The Morgan fingerprint density at radius 1 is 1.33 bits per heavy atom. The molecule has 1 amide bonds. The van der Waals surface area contributed by atoms with E-state index in [1.807, 2.05) is 0 Å². The number of carbonyl (C=O) groups excluding carboxylic acids is 1. The van der Waals surface area contributed by atoms with Crippen molar-refractivity contribution in [1.82, 2.24) is 4.90 Å². The summed E-state index contributed by atoms with van der Waals surface area (Å²) < 4.78 is 22.2. The fourth-order valence-corrected chi connectivity index (χ4v) is 3.12. The van der Waals surface area contributed by atoms with Gasteiger partial charge in [-0.1, -0.05) is 12.8 Å². The lowest BCUT2D eigenvalue weighted by molar-refractivity contribution is -0.136. The van der Waals surface area contributed by atoms with Crippen molar-refractivity contribution in [3.8, 4) is 0 Å². The summed E-state index contributed by atoms with van der Waals surface area (Å²) in [4.78, 5) is 13.8. The minimum absolute atomic E-state index is 0.0201. The molecular weight excluding hydrogens is 252 g/mol. The highest BCUT2D eigenvalue weighted by Gasteiger charge is 2.31. The molecule has 2 atom stereocenters. The third-order valence-corrected chi connectivity index (χ3v) is 4.63. The number of hydrogen-bond donors (Lipinski definition) is 1. The predicted molar refractivity (Wildman–Crippen MR) is 71.9 cm³/mol. The van der Waals surface area contributed by atoms with E-state index in [1.165, 1.54) is 6.26 Å². The first-order valence-corrected chi connectivity index (χ1v) is 8.54. The molecule has 1 rings (SSSR count). The number of nitrogens with zero attached hydrogens (tertiary/aromatic N) is 1. The smallest absolute Gasteiger partial charge is 0.225 e. The van der Waals surface area contributed by atoms with Gasteiger partial charge in [-0.3, -0.25) is 4.79 Å². The Balaban J connectivity index is 2.56. The molecule has 0 saturated heterocycles. The third kappa shape index (κ3) is 4.57. The fourth-order valence-electron chi connectivity index (χ4n) is 2.51. The number of nitrogens with two attached hydrogens (primary N) is 1. The van der Waals surface area contributed by atoms with Crippen LogP contribution in [0.25, 0.3) is 0 Å². The van der Waals surface area contributed by atoms with E-state index >= 15 is 0 Å². The Morgan fingerprint density at radius 3 is 2.50 bits per heavy atom. The maximum absolute atomic E-state index is 12.3. The largest absolute Gasteiger partial charge is 0.344 e. The molecule has 18 heavy (non-hydrogen) atoms. The van der Waals surface area contributed by atoms with Crippen molar-refractivity contribution in [3.63, 3.8) is 0 Å². The summed E-state index contributed by atoms with van der Waals surface area (Å²) in [7, 11) is -1.34. The quantitative estimate of drug-likeness (QED) is 0.781. The summed E-state index contributed by atoms with van der Waals surface area (Å²) in [6, 6.07) is 0. The average Bonchev–Trinajstić information content (AvgIpc) is 2.34. The molecule has 2 N–H and O–H groups in total. The van der Waals surface area contributed by atoms with Gasteiger partial charge in [0.1, 0.15) is 9.84 Å². The number of sulfone groups is 1.